The van der Waals surface area contributed by atoms with Crippen molar-refractivity contribution in [2.24, 2.45) is 0 Å². The summed E-state index contributed by atoms with van der Waals surface area (Å²) in [7, 11) is 0. The highest BCUT2D eigenvalue weighted by molar-refractivity contribution is 5.01. The van der Waals surface area contributed by atoms with Gasteiger partial charge < -0.3 is 5.11 Å². The van der Waals surface area contributed by atoms with E-state index in [1.54, 1.807) is 6.92 Å². The molecule has 5 heteroatoms. The summed E-state index contributed by atoms with van der Waals surface area (Å²) in [6, 6.07) is 0. The molecule has 0 bridgehead atoms. The molecule has 1 aliphatic rings. The van der Waals surface area contributed by atoms with Gasteiger partial charge in [-0.2, -0.15) is 5.17 Å². The van der Waals surface area contributed by atoms with Gasteiger partial charge in [0.2, 0.25) is 5.88 Å². The van der Waals surface area contributed by atoms with E-state index in [4.69, 9.17) is 10.3 Å². The van der Waals surface area contributed by atoms with Gasteiger partial charge in [-0.3, -0.25) is 10.6 Å². The molecular weight excluding hydrogens is 110 g/mol. The molecule has 0 saturated carbocycles. The molecule has 1 heterocycles. The van der Waals surface area contributed by atoms with Crippen molar-refractivity contribution in [2.45, 2.75) is 6.92 Å². The maximum Gasteiger partial charge on any atom is 0.224 e. The quantitative estimate of drug-likeness (QED) is 0.342. The molecule has 0 aliphatic carbocycles. The van der Waals surface area contributed by atoms with E-state index in [-0.39, 0.29) is 5.88 Å². The van der Waals surface area contributed by atoms with Crippen LogP contribution in [0.2, 0.25) is 0 Å². The van der Waals surface area contributed by atoms with Gasteiger partial charge in [-0.05, 0) is 6.92 Å². The van der Waals surface area contributed by atoms with Crippen molar-refractivity contribution >= 4 is 0 Å². The van der Waals surface area contributed by atoms with Crippen molar-refractivity contribution in [3.63, 3.8) is 0 Å². The minimum atomic E-state index is -0.0625. The van der Waals surface area contributed by atoms with Crippen LogP contribution < -0.4 is 11.0 Å². The zero-order valence-corrected chi connectivity index (χ0v) is 4.34. The van der Waals surface area contributed by atoms with Gasteiger partial charge in [-0.25, -0.2) is 0 Å². The lowest BCUT2D eigenvalue weighted by atomic mass is 10.5. The molecule has 1 rings (SSSR count). The summed E-state index contributed by atoms with van der Waals surface area (Å²) in [6.07, 6.45) is 0. The topological polar surface area (TPSA) is 67.8 Å². The van der Waals surface area contributed by atoms with E-state index in [0.29, 0.717) is 10.9 Å². The second-order valence-electron chi connectivity index (χ2n) is 1.48. The third-order valence-electron chi connectivity index (χ3n) is 0.941. The van der Waals surface area contributed by atoms with Crippen LogP contribution in [0.15, 0.2) is 11.6 Å². The van der Waals surface area contributed by atoms with Crippen molar-refractivity contribution in [1.29, 1.82) is 0 Å². The third-order valence-corrected chi connectivity index (χ3v) is 0.941. The standard InChI is InChI=1S/C3H7N3O2/c1-2-3(7)4-5-6(2)8/h4-5,7-8H,1H3. The van der Waals surface area contributed by atoms with Gasteiger partial charge in [0.1, 0.15) is 5.70 Å². The molecule has 8 heavy (non-hydrogen) atoms. The lowest BCUT2D eigenvalue weighted by Gasteiger charge is -2.05. The van der Waals surface area contributed by atoms with Crippen molar-refractivity contribution in [3.8, 4) is 0 Å². The van der Waals surface area contributed by atoms with E-state index in [0.717, 1.165) is 0 Å². The minimum Gasteiger partial charge on any atom is -0.493 e. The number of aliphatic hydroxyl groups is 1. The van der Waals surface area contributed by atoms with Crippen LogP contribution in [0.25, 0.3) is 0 Å². The molecule has 0 fully saturated rings. The van der Waals surface area contributed by atoms with E-state index in [1.165, 1.54) is 0 Å². The average Bonchev–Trinajstić information content (AvgIpc) is 1.98. The van der Waals surface area contributed by atoms with Crippen LogP contribution in [0.5, 0.6) is 0 Å². The molecule has 0 saturated heterocycles. The largest absolute Gasteiger partial charge is 0.493 e. The predicted octanol–water partition coefficient (Wildman–Crippen LogP) is -0.553. The maximum atomic E-state index is 8.67. The first-order chi connectivity index (χ1) is 3.72. The molecule has 0 atom stereocenters. The van der Waals surface area contributed by atoms with Gasteiger partial charge >= 0.3 is 0 Å². The Morgan fingerprint density at radius 2 is 2.25 bits per heavy atom. The highest BCUT2D eigenvalue weighted by atomic mass is 16.6. The molecule has 0 aromatic carbocycles. The molecule has 0 unspecified atom stereocenters. The molecule has 5 nitrogen and oxygen atoms in total. The Labute approximate surface area is 46.1 Å². The molecule has 0 aromatic heterocycles. The van der Waals surface area contributed by atoms with Crippen molar-refractivity contribution in [3.05, 3.63) is 11.6 Å². The predicted molar refractivity (Wildman–Crippen MR) is 25.2 cm³/mol. The van der Waals surface area contributed by atoms with E-state index in [9.17, 15) is 0 Å². The smallest absolute Gasteiger partial charge is 0.224 e. The Bertz CT molecular complexity index is 132. The lowest BCUT2D eigenvalue weighted by molar-refractivity contribution is -0.0989. The SMILES string of the molecule is CC1=C(O)NNN1O. The van der Waals surface area contributed by atoms with Crippen LogP contribution >= 0.6 is 0 Å². The molecule has 46 valence electrons. The van der Waals surface area contributed by atoms with E-state index in [2.05, 4.69) is 11.0 Å². The number of hydrazine groups is 2. The Balaban J connectivity index is 2.71. The number of aliphatic hydroxyl groups excluding tert-OH is 1. The van der Waals surface area contributed by atoms with Crippen LogP contribution in [-0.2, 0) is 0 Å². The summed E-state index contributed by atoms with van der Waals surface area (Å²) in [5, 5.41) is 18.0. The first kappa shape index (κ1) is 5.20. The van der Waals surface area contributed by atoms with Crippen molar-refractivity contribution < 1.29 is 10.3 Å². The summed E-state index contributed by atoms with van der Waals surface area (Å²) in [5.41, 5.74) is 4.87. The number of allylic oxidation sites excluding steroid dienone is 1. The Hall–Kier alpha value is -0.940. The van der Waals surface area contributed by atoms with Crippen molar-refractivity contribution in [2.75, 3.05) is 0 Å². The molecule has 0 amide bonds. The van der Waals surface area contributed by atoms with Gasteiger partial charge in [0.05, 0.1) is 0 Å². The molecule has 0 radical (unpaired) electrons. The highest BCUT2D eigenvalue weighted by Gasteiger charge is 2.13. The molecule has 0 spiro atoms. The second-order valence-corrected chi connectivity index (χ2v) is 1.48. The summed E-state index contributed by atoms with van der Waals surface area (Å²) >= 11 is 0. The highest BCUT2D eigenvalue weighted by Crippen LogP contribution is 2.03. The van der Waals surface area contributed by atoms with Crippen LogP contribution in [0.3, 0.4) is 0 Å². The number of rotatable bonds is 0. The molecule has 1 aliphatic heterocycles. The van der Waals surface area contributed by atoms with E-state index in [1.807, 2.05) is 0 Å². The monoisotopic (exact) mass is 117 g/mol. The Morgan fingerprint density at radius 3 is 2.38 bits per heavy atom. The minimum absolute atomic E-state index is 0.0625. The first-order valence-corrected chi connectivity index (χ1v) is 2.12. The number of hydrogen-bond donors (Lipinski definition) is 4. The maximum absolute atomic E-state index is 8.67. The second kappa shape index (κ2) is 1.53. The van der Waals surface area contributed by atoms with Gasteiger partial charge in [-0.1, -0.05) is 0 Å². The number of hydroxylamine groups is 1. The summed E-state index contributed by atoms with van der Waals surface area (Å²) < 4.78 is 0. The number of nitrogens with zero attached hydrogens (tertiary/aromatic N) is 1. The Morgan fingerprint density at radius 1 is 1.62 bits per heavy atom. The van der Waals surface area contributed by atoms with Gasteiger partial charge in [0, 0.05) is 0 Å². The zero-order valence-electron chi connectivity index (χ0n) is 4.34. The van der Waals surface area contributed by atoms with Gasteiger partial charge in [0.25, 0.3) is 0 Å². The summed E-state index contributed by atoms with van der Waals surface area (Å²) in [4.78, 5) is 0. The van der Waals surface area contributed by atoms with Crippen LogP contribution in [0.1, 0.15) is 6.92 Å². The zero-order chi connectivity index (χ0) is 6.15. The molecule has 0 aromatic rings. The number of nitrogens with one attached hydrogen (secondary N) is 2. The van der Waals surface area contributed by atoms with Crippen LogP contribution in [0.4, 0.5) is 0 Å². The average molecular weight is 117 g/mol. The third kappa shape index (κ3) is 0.573. The van der Waals surface area contributed by atoms with Gasteiger partial charge in [-0.15, -0.1) is 5.53 Å². The molecular formula is C3H7N3O2. The first-order valence-electron chi connectivity index (χ1n) is 2.12. The van der Waals surface area contributed by atoms with E-state index < -0.39 is 0 Å². The molecule has 4 N–H and O–H groups in total. The fraction of sp³-hybridized carbons (Fsp3) is 0.333. The van der Waals surface area contributed by atoms with Crippen molar-refractivity contribution in [1.82, 2.24) is 16.1 Å². The lowest BCUT2D eigenvalue weighted by Crippen LogP contribution is -2.34. The fourth-order valence-electron chi connectivity index (χ4n) is 0.381. The van der Waals surface area contributed by atoms with E-state index >= 15 is 0 Å². The fourth-order valence-corrected chi connectivity index (χ4v) is 0.381. The Kier molecular flexibility index (Phi) is 0.997. The normalized spacial score (nSPS) is 19.5. The number of hydrogen-bond acceptors (Lipinski definition) is 5. The summed E-state index contributed by atoms with van der Waals surface area (Å²) in [6.45, 7) is 1.56. The van der Waals surface area contributed by atoms with Gasteiger partial charge in [0.15, 0.2) is 0 Å². The van der Waals surface area contributed by atoms with Crippen LogP contribution in [0, 0.1) is 0 Å². The summed E-state index contributed by atoms with van der Waals surface area (Å²) in [5.74, 6) is -0.0625. The van der Waals surface area contributed by atoms with Crippen LogP contribution in [-0.4, -0.2) is 15.5 Å².